The Balaban J connectivity index is 2.48. The summed E-state index contributed by atoms with van der Waals surface area (Å²) in [7, 11) is 0. The highest BCUT2D eigenvalue weighted by atomic mass is 32.1. The van der Waals surface area contributed by atoms with E-state index in [2.05, 4.69) is 36.7 Å². The summed E-state index contributed by atoms with van der Waals surface area (Å²) in [6.45, 7) is 5.30. The van der Waals surface area contributed by atoms with Crippen molar-refractivity contribution in [2.24, 2.45) is 0 Å². The van der Waals surface area contributed by atoms with Gasteiger partial charge in [0.05, 0.1) is 6.61 Å². The second-order valence-electron chi connectivity index (χ2n) is 3.58. The molecule has 14 heavy (non-hydrogen) atoms. The van der Waals surface area contributed by atoms with Crippen LogP contribution < -0.4 is 5.32 Å². The summed E-state index contributed by atoms with van der Waals surface area (Å²) in [5.41, 5.74) is -0.0933. The first kappa shape index (κ1) is 11.7. The Bertz CT molecular complexity index is 234. The van der Waals surface area contributed by atoms with Crippen LogP contribution in [0.25, 0.3) is 0 Å². The van der Waals surface area contributed by atoms with Crippen LogP contribution >= 0.6 is 11.3 Å². The highest BCUT2D eigenvalue weighted by Crippen LogP contribution is 2.16. The van der Waals surface area contributed by atoms with E-state index in [1.807, 2.05) is 0 Å². The Kier molecular flexibility index (Phi) is 4.58. The van der Waals surface area contributed by atoms with Gasteiger partial charge in [0.2, 0.25) is 0 Å². The van der Waals surface area contributed by atoms with Crippen molar-refractivity contribution in [2.75, 3.05) is 6.61 Å². The summed E-state index contributed by atoms with van der Waals surface area (Å²) < 4.78 is 0. The van der Waals surface area contributed by atoms with Crippen molar-refractivity contribution >= 4 is 11.3 Å². The van der Waals surface area contributed by atoms with E-state index >= 15 is 0 Å². The van der Waals surface area contributed by atoms with Crippen molar-refractivity contribution in [3.63, 3.8) is 0 Å². The molecule has 1 rings (SSSR count). The third-order valence-electron chi connectivity index (χ3n) is 2.87. The Hall–Kier alpha value is -0.380. The third-order valence-corrected chi connectivity index (χ3v) is 3.75. The van der Waals surface area contributed by atoms with Gasteiger partial charge in [-0.2, -0.15) is 0 Å². The number of aliphatic hydroxyl groups is 1. The van der Waals surface area contributed by atoms with Gasteiger partial charge in [-0.15, -0.1) is 11.3 Å². The monoisotopic (exact) mass is 213 g/mol. The van der Waals surface area contributed by atoms with Crippen LogP contribution in [-0.2, 0) is 6.54 Å². The van der Waals surface area contributed by atoms with Crippen molar-refractivity contribution in [3.8, 4) is 0 Å². The van der Waals surface area contributed by atoms with Crippen LogP contribution in [0.2, 0.25) is 0 Å². The molecule has 0 fully saturated rings. The van der Waals surface area contributed by atoms with Crippen LogP contribution in [-0.4, -0.2) is 17.3 Å². The topological polar surface area (TPSA) is 32.3 Å². The molecule has 1 aromatic heterocycles. The lowest BCUT2D eigenvalue weighted by Crippen LogP contribution is -2.46. The molecule has 0 bridgehead atoms. The highest BCUT2D eigenvalue weighted by molar-refractivity contribution is 7.09. The zero-order chi connectivity index (χ0) is 10.4. The van der Waals surface area contributed by atoms with Crippen LogP contribution in [0, 0.1) is 0 Å². The number of hydrogen-bond acceptors (Lipinski definition) is 3. The molecule has 1 heterocycles. The molecule has 1 aromatic rings. The molecular weight excluding hydrogens is 194 g/mol. The lowest BCUT2D eigenvalue weighted by Gasteiger charge is -2.30. The molecule has 0 atom stereocenters. The molecule has 2 nitrogen and oxygen atoms in total. The van der Waals surface area contributed by atoms with E-state index in [-0.39, 0.29) is 12.1 Å². The Morgan fingerprint density at radius 1 is 1.43 bits per heavy atom. The minimum absolute atomic E-state index is 0.0933. The van der Waals surface area contributed by atoms with Gasteiger partial charge in [0, 0.05) is 17.0 Å². The Morgan fingerprint density at radius 3 is 2.57 bits per heavy atom. The number of hydrogen-bond donors (Lipinski definition) is 2. The number of aliphatic hydroxyl groups excluding tert-OH is 1. The number of thiophene rings is 1. The van der Waals surface area contributed by atoms with Crippen LogP contribution in [0.3, 0.4) is 0 Å². The minimum Gasteiger partial charge on any atom is -0.394 e. The summed E-state index contributed by atoms with van der Waals surface area (Å²) in [4.78, 5) is 1.32. The molecule has 0 aromatic carbocycles. The zero-order valence-corrected chi connectivity index (χ0v) is 9.73. The minimum atomic E-state index is -0.0933. The summed E-state index contributed by atoms with van der Waals surface area (Å²) >= 11 is 1.75. The van der Waals surface area contributed by atoms with Gasteiger partial charge in [-0.1, -0.05) is 19.9 Å². The highest BCUT2D eigenvalue weighted by Gasteiger charge is 2.23. The van der Waals surface area contributed by atoms with Gasteiger partial charge in [-0.3, -0.25) is 0 Å². The number of rotatable bonds is 6. The van der Waals surface area contributed by atoms with E-state index < -0.39 is 0 Å². The maximum absolute atomic E-state index is 9.35. The van der Waals surface area contributed by atoms with Gasteiger partial charge in [-0.05, 0) is 24.3 Å². The second kappa shape index (κ2) is 5.49. The maximum Gasteiger partial charge on any atom is 0.0613 e. The predicted molar refractivity (Wildman–Crippen MR) is 61.6 cm³/mol. The summed E-state index contributed by atoms with van der Waals surface area (Å²) in [6, 6.07) is 4.17. The summed E-state index contributed by atoms with van der Waals surface area (Å²) in [5, 5.41) is 14.9. The molecule has 0 aliphatic carbocycles. The quantitative estimate of drug-likeness (QED) is 0.760. The van der Waals surface area contributed by atoms with Crippen LogP contribution in [0.4, 0.5) is 0 Å². The van der Waals surface area contributed by atoms with E-state index in [1.54, 1.807) is 11.3 Å². The molecule has 0 saturated heterocycles. The standard InChI is InChI=1S/C11H19NOS/c1-3-11(4-2,9-13)12-8-10-6-5-7-14-10/h5-7,12-13H,3-4,8-9H2,1-2H3. The molecule has 0 spiro atoms. The van der Waals surface area contributed by atoms with Gasteiger partial charge in [0.25, 0.3) is 0 Å². The summed E-state index contributed by atoms with van der Waals surface area (Å²) in [5.74, 6) is 0. The first-order chi connectivity index (χ1) is 6.76. The smallest absolute Gasteiger partial charge is 0.0613 e. The first-order valence-corrected chi connectivity index (χ1v) is 6.02. The van der Waals surface area contributed by atoms with E-state index in [0.29, 0.717) is 0 Å². The fourth-order valence-corrected chi connectivity index (χ4v) is 2.11. The zero-order valence-electron chi connectivity index (χ0n) is 8.92. The molecule has 80 valence electrons. The first-order valence-electron chi connectivity index (χ1n) is 5.14. The second-order valence-corrected chi connectivity index (χ2v) is 4.61. The van der Waals surface area contributed by atoms with Crippen LogP contribution in [0.5, 0.6) is 0 Å². The average molecular weight is 213 g/mol. The maximum atomic E-state index is 9.35. The Morgan fingerprint density at radius 2 is 2.14 bits per heavy atom. The molecule has 0 radical (unpaired) electrons. The van der Waals surface area contributed by atoms with Crippen molar-refractivity contribution in [1.29, 1.82) is 0 Å². The van der Waals surface area contributed by atoms with Gasteiger partial charge in [0.15, 0.2) is 0 Å². The molecule has 0 unspecified atom stereocenters. The molecule has 0 aliphatic rings. The van der Waals surface area contributed by atoms with Crippen molar-refractivity contribution < 1.29 is 5.11 Å². The summed E-state index contributed by atoms with van der Waals surface area (Å²) in [6.07, 6.45) is 1.93. The van der Waals surface area contributed by atoms with Gasteiger partial charge >= 0.3 is 0 Å². The van der Waals surface area contributed by atoms with Crippen molar-refractivity contribution in [3.05, 3.63) is 22.4 Å². The van der Waals surface area contributed by atoms with E-state index in [0.717, 1.165) is 19.4 Å². The normalized spacial score (nSPS) is 11.9. The molecule has 2 N–H and O–H groups in total. The molecule has 3 heteroatoms. The molecule has 0 saturated carbocycles. The third kappa shape index (κ3) is 2.80. The van der Waals surface area contributed by atoms with Crippen molar-refractivity contribution in [1.82, 2.24) is 5.32 Å². The van der Waals surface area contributed by atoms with E-state index in [4.69, 9.17) is 0 Å². The Labute approximate surface area is 90.0 Å². The lowest BCUT2D eigenvalue weighted by atomic mass is 9.94. The van der Waals surface area contributed by atoms with Crippen LogP contribution in [0.15, 0.2) is 17.5 Å². The number of nitrogens with one attached hydrogen (secondary N) is 1. The van der Waals surface area contributed by atoms with Gasteiger partial charge in [0.1, 0.15) is 0 Å². The lowest BCUT2D eigenvalue weighted by molar-refractivity contribution is 0.150. The van der Waals surface area contributed by atoms with Gasteiger partial charge in [-0.25, -0.2) is 0 Å². The largest absolute Gasteiger partial charge is 0.394 e. The fraction of sp³-hybridized carbons (Fsp3) is 0.636. The fourth-order valence-electron chi connectivity index (χ4n) is 1.47. The van der Waals surface area contributed by atoms with Crippen molar-refractivity contribution in [2.45, 2.75) is 38.8 Å². The molecule has 0 aliphatic heterocycles. The van der Waals surface area contributed by atoms with Crippen LogP contribution in [0.1, 0.15) is 31.6 Å². The molecule has 0 amide bonds. The average Bonchev–Trinajstić information content (AvgIpc) is 2.74. The molecular formula is C11H19NOS. The van der Waals surface area contributed by atoms with Gasteiger partial charge < -0.3 is 10.4 Å². The SMILES string of the molecule is CCC(CC)(CO)NCc1cccs1. The van der Waals surface area contributed by atoms with E-state index in [9.17, 15) is 5.11 Å². The van der Waals surface area contributed by atoms with E-state index in [1.165, 1.54) is 4.88 Å². The predicted octanol–water partition coefficient (Wildman–Crippen LogP) is 2.39.